The number of amides is 1. The van der Waals surface area contributed by atoms with E-state index in [1.165, 1.54) is 35.6 Å². The van der Waals surface area contributed by atoms with Crippen molar-refractivity contribution in [2.45, 2.75) is 11.8 Å². The average Bonchev–Trinajstić information content (AvgIpc) is 3.23. The molecule has 0 atom stereocenters. The predicted molar refractivity (Wildman–Crippen MR) is 122 cm³/mol. The minimum atomic E-state index is -3.69. The van der Waals surface area contributed by atoms with Gasteiger partial charge in [0, 0.05) is 16.8 Å². The second-order valence-electron chi connectivity index (χ2n) is 6.73. The van der Waals surface area contributed by atoms with Gasteiger partial charge in [-0.25, -0.2) is 8.42 Å². The molecule has 0 fully saturated rings. The first-order chi connectivity index (χ1) is 14.9. The van der Waals surface area contributed by atoms with Crippen molar-refractivity contribution in [3.05, 3.63) is 90.0 Å². The van der Waals surface area contributed by atoms with Gasteiger partial charge in [-0.2, -0.15) is 0 Å². The number of anilines is 2. The van der Waals surface area contributed by atoms with Crippen LogP contribution in [0.15, 0.2) is 83.8 Å². The number of carbonyl (C=O) groups is 1. The maximum atomic E-state index is 12.5. The summed E-state index contributed by atoms with van der Waals surface area (Å²) in [5, 5.41) is 12.0. The van der Waals surface area contributed by atoms with E-state index in [0.717, 1.165) is 11.1 Å². The molecular weight excluding hydrogens is 432 g/mol. The van der Waals surface area contributed by atoms with Crippen molar-refractivity contribution in [3.8, 4) is 10.6 Å². The molecule has 0 unspecified atom stereocenters. The van der Waals surface area contributed by atoms with E-state index in [4.69, 9.17) is 0 Å². The molecule has 4 rings (SSSR count). The maximum Gasteiger partial charge on any atom is 0.261 e. The quantitative estimate of drug-likeness (QED) is 0.448. The van der Waals surface area contributed by atoms with Crippen molar-refractivity contribution >= 4 is 38.1 Å². The molecule has 156 valence electrons. The van der Waals surface area contributed by atoms with Gasteiger partial charge in [-0.3, -0.25) is 14.8 Å². The van der Waals surface area contributed by atoms with E-state index >= 15 is 0 Å². The van der Waals surface area contributed by atoms with Crippen molar-refractivity contribution in [1.82, 2.24) is 10.2 Å². The van der Waals surface area contributed by atoms with Crippen molar-refractivity contribution in [1.29, 1.82) is 0 Å². The second-order valence-corrected chi connectivity index (χ2v) is 9.39. The number of hydrogen-bond acceptors (Lipinski definition) is 6. The third kappa shape index (κ3) is 4.96. The first kappa shape index (κ1) is 20.7. The highest BCUT2D eigenvalue weighted by Crippen LogP contribution is 2.27. The summed E-state index contributed by atoms with van der Waals surface area (Å²) < 4.78 is 27.3. The van der Waals surface area contributed by atoms with Gasteiger partial charge >= 0.3 is 0 Å². The van der Waals surface area contributed by atoms with Crippen LogP contribution < -0.4 is 10.0 Å². The monoisotopic (exact) mass is 450 g/mol. The second kappa shape index (κ2) is 8.66. The smallest absolute Gasteiger partial charge is 0.261 e. The lowest BCUT2D eigenvalue weighted by molar-refractivity contribution is 0.102. The van der Waals surface area contributed by atoms with E-state index in [0.29, 0.717) is 21.4 Å². The van der Waals surface area contributed by atoms with E-state index in [-0.39, 0.29) is 10.8 Å². The molecule has 0 aliphatic carbocycles. The highest BCUT2D eigenvalue weighted by molar-refractivity contribution is 7.92. The first-order valence-electron chi connectivity index (χ1n) is 9.30. The Balaban J connectivity index is 1.42. The van der Waals surface area contributed by atoms with Gasteiger partial charge in [0.2, 0.25) is 5.13 Å². The molecule has 0 radical (unpaired) electrons. The van der Waals surface area contributed by atoms with E-state index in [1.54, 1.807) is 30.3 Å². The van der Waals surface area contributed by atoms with Crippen LogP contribution in [0.25, 0.3) is 10.6 Å². The van der Waals surface area contributed by atoms with Crippen molar-refractivity contribution < 1.29 is 13.2 Å². The van der Waals surface area contributed by atoms with Crippen molar-refractivity contribution in [3.63, 3.8) is 0 Å². The molecule has 0 aliphatic heterocycles. The third-order valence-electron chi connectivity index (χ3n) is 4.40. The lowest BCUT2D eigenvalue weighted by atomic mass is 10.2. The lowest BCUT2D eigenvalue weighted by Crippen LogP contribution is -2.14. The van der Waals surface area contributed by atoms with Crippen LogP contribution in [-0.4, -0.2) is 24.5 Å². The molecule has 7 nitrogen and oxygen atoms in total. The van der Waals surface area contributed by atoms with Crippen LogP contribution in [0.3, 0.4) is 0 Å². The fraction of sp³-hybridized carbons (Fsp3) is 0.0455. The van der Waals surface area contributed by atoms with Crippen LogP contribution in [0.1, 0.15) is 15.9 Å². The van der Waals surface area contributed by atoms with Crippen LogP contribution in [0.5, 0.6) is 0 Å². The van der Waals surface area contributed by atoms with Crippen molar-refractivity contribution in [2.75, 3.05) is 10.0 Å². The SMILES string of the molecule is Cc1ccc(-c2nnc(NC(=O)c3ccc(NS(=O)(=O)c4ccccc4)cc3)s2)cc1. The van der Waals surface area contributed by atoms with E-state index < -0.39 is 10.0 Å². The van der Waals surface area contributed by atoms with Gasteiger partial charge in [-0.15, -0.1) is 10.2 Å². The third-order valence-corrected chi connectivity index (χ3v) is 6.68. The van der Waals surface area contributed by atoms with Crippen molar-refractivity contribution in [2.24, 2.45) is 0 Å². The number of rotatable bonds is 6. The minimum Gasteiger partial charge on any atom is -0.296 e. The number of nitrogens with zero attached hydrogens (tertiary/aromatic N) is 2. The number of aryl methyl sites for hydroxylation is 1. The van der Waals surface area contributed by atoms with Gasteiger partial charge in [0.05, 0.1) is 4.90 Å². The first-order valence-corrected chi connectivity index (χ1v) is 11.6. The van der Waals surface area contributed by atoms with E-state index in [9.17, 15) is 13.2 Å². The predicted octanol–water partition coefficient (Wildman–Crippen LogP) is 4.57. The fourth-order valence-electron chi connectivity index (χ4n) is 2.76. The molecule has 1 aromatic heterocycles. The minimum absolute atomic E-state index is 0.164. The Hall–Kier alpha value is -3.56. The molecule has 1 heterocycles. The molecular formula is C22H18N4O3S2. The Morgan fingerprint density at radius 3 is 2.23 bits per heavy atom. The van der Waals surface area contributed by atoms with Gasteiger partial charge in [0.15, 0.2) is 0 Å². The van der Waals surface area contributed by atoms with Gasteiger partial charge < -0.3 is 0 Å². The zero-order valence-electron chi connectivity index (χ0n) is 16.4. The summed E-state index contributed by atoms with van der Waals surface area (Å²) in [6.45, 7) is 2.01. The number of carbonyl (C=O) groups excluding carboxylic acids is 1. The fourth-order valence-corrected chi connectivity index (χ4v) is 4.58. The van der Waals surface area contributed by atoms with Crippen LogP contribution in [0.4, 0.5) is 10.8 Å². The molecule has 0 spiro atoms. The lowest BCUT2D eigenvalue weighted by Gasteiger charge is -2.08. The van der Waals surface area contributed by atoms with Gasteiger partial charge in [0.1, 0.15) is 5.01 Å². The molecule has 3 aromatic carbocycles. The van der Waals surface area contributed by atoms with E-state index in [2.05, 4.69) is 20.2 Å². The van der Waals surface area contributed by atoms with Gasteiger partial charge in [-0.1, -0.05) is 59.4 Å². The number of hydrogen-bond donors (Lipinski definition) is 2. The highest BCUT2D eigenvalue weighted by atomic mass is 32.2. The summed E-state index contributed by atoms with van der Waals surface area (Å²) in [6.07, 6.45) is 0. The molecule has 0 bridgehead atoms. The molecule has 9 heteroatoms. The topological polar surface area (TPSA) is 101 Å². The molecule has 0 saturated heterocycles. The summed E-state index contributed by atoms with van der Waals surface area (Å²) >= 11 is 1.28. The zero-order valence-corrected chi connectivity index (χ0v) is 18.1. The summed E-state index contributed by atoms with van der Waals surface area (Å²) in [5.74, 6) is -0.357. The number of aromatic nitrogens is 2. The molecule has 31 heavy (non-hydrogen) atoms. The Morgan fingerprint density at radius 1 is 0.871 bits per heavy atom. The Labute approximate surface area is 183 Å². The summed E-state index contributed by atoms with van der Waals surface area (Å²) in [7, 11) is -3.69. The zero-order chi connectivity index (χ0) is 21.8. The summed E-state index contributed by atoms with van der Waals surface area (Å²) in [4.78, 5) is 12.7. The number of benzene rings is 3. The molecule has 4 aromatic rings. The van der Waals surface area contributed by atoms with Gasteiger partial charge in [-0.05, 0) is 43.3 Å². The molecule has 0 aliphatic rings. The van der Waals surface area contributed by atoms with Crippen LogP contribution in [0, 0.1) is 6.92 Å². The Bertz CT molecular complexity index is 1300. The Kier molecular flexibility index (Phi) is 5.79. The number of nitrogens with one attached hydrogen (secondary N) is 2. The number of sulfonamides is 1. The standard InChI is InChI=1S/C22H18N4O3S2/c1-15-7-9-17(10-8-15)21-24-25-22(30-21)23-20(27)16-11-13-18(14-12-16)26-31(28,29)19-5-3-2-4-6-19/h2-14,26H,1H3,(H,23,25,27). The maximum absolute atomic E-state index is 12.5. The average molecular weight is 451 g/mol. The summed E-state index contributed by atoms with van der Waals surface area (Å²) in [6, 6.07) is 22.1. The molecule has 0 saturated carbocycles. The normalized spacial score (nSPS) is 11.1. The summed E-state index contributed by atoms with van der Waals surface area (Å²) in [5.41, 5.74) is 2.81. The van der Waals surface area contributed by atoms with E-state index in [1.807, 2.05) is 31.2 Å². The molecule has 2 N–H and O–H groups in total. The largest absolute Gasteiger partial charge is 0.296 e. The van der Waals surface area contributed by atoms with Crippen LogP contribution >= 0.6 is 11.3 Å². The Morgan fingerprint density at radius 2 is 1.55 bits per heavy atom. The molecule has 1 amide bonds. The van der Waals surface area contributed by atoms with Crippen LogP contribution in [-0.2, 0) is 10.0 Å². The highest BCUT2D eigenvalue weighted by Gasteiger charge is 2.15. The van der Waals surface area contributed by atoms with Crippen LogP contribution in [0.2, 0.25) is 0 Å². The van der Waals surface area contributed by atoms with Gasteiger partial charge in [0.25, 0.3) is 15.9 Å².